The van der Waals surface area contributed by atoms with Crippen LogP contribution in [0, 0.1) is 0 Å². The number of amides is 2. The van der Waals surface area contributed by atoms with Crippen LogP contribution in [-0.2, 0) is 14.9 Å². The standard InChI is InChI=1S/C15H22N2O5S/c1-5-22-13(20)9-8-10(15(2,3)4)23-12(9)17-14(21)16-7-6-11(18)19/h8H,5-7H2,1-4H3,(H,18,19)(H2,16,17,21). The van der Waals surface area contributed by atoms with Crippen molar-refractivity contribution in [3.63, 3.8) is 0 Å². The molecule has 0 spiro atoms. The van der Waals surface area contributed by atoms with Crippen molar-refractivity contribution in [2.24, 2.45) is 0 Å². The van der Waals surface area contributed by atoms with E-state index in [0.29, 0.717) is 10.6 Å². The average Bonchev–Trinajstić information content (AvgIpc) is 2.82. The molecule has 0 unspecified atom stereocenters. The van der Waals surface area contributed by atoms with E-state index in [2.05, 4.69) is 10.6 Å². The molecule has 0 fully saturated rings. The number of hydrogen-bond donors (Lipinski definition) is 3. The van der Waals surface area contributed by atoms with Crippen molar-refractivity contribution in [2.45, 2.75) is 39.5 Å². The zero-order valence-corrected chi connectivity index (χ0v) is 14.5. The van der Waals surface area contributed by atoms with E-state index < -0.39 is 18.0 Å². The van der Waals surface area contributed by atoms with Gasteiger partial charge in [0.15, 0.2) is 0 Å². The maximum Gasteiger partial charge on any atom is 0.341 e. The van der Waals surface area contributed by atoms with Gasteiger partial charge in [0.2, 0.25) is 0 Å². The highest BCUT2D eigenvalue weighted by Crippen LogP contribution is 2.36. The van der Waals surface area contributed by atoms with Gasteiger partial charge in [-0.3, -0.25) is 10.1 Å². The van der Waals surface area contributed by atoms with Crippen molar-refractivity contribution in [3.8, 4) is 0 Å². The van der Waals surface area contributed by atoms with Gasteiger partial charge in [-0.05, 0) is 18.4 Å². The van der Waals surface area contributed by atoms with Crippen LogP contribution in [0.3, 0.4) is 0 Å². The first-order chi connectivity index (χ1) is 10.6. The van der Waals surface area contributed by atoms with Crippen LogP contribution in [0.1, 0.15) is 49.4 Å². The summed E-state index contributed by atoms with van der Waals surface area (Å²) in [4.78, 5) is 35.2. The molecule has 7 nitrogen and oxygen atoms in total. The molecule has 0 aliphatic carbocycles. The molecule has 128 valence electrons. The second kappa shape index (κ2) is 7.96. The van der Waals surface area contributed by atoms with Gasteiger partial charge in [-0.15, -0.1) is 11.3 Å². The first-order valence-electron chi connectivity index (χ1n) is 7.23. The van der Waals surface area contributed by atoms with Crippen LogP contribution in [0.15, 0.2) is 6.07 Å². The Morgan fingerprint density at radius 3 is 2.48 bits per heavy atom. The number of anilines is 1. The smallest absolute Gasteiger partial charge is 0.341 e. The molecule has 0 atom stereocenters. The van der Waals surface area contributed by atoms with Crippen molar-refractivity contribution in [3.05, 3.63) is 16.5 Å². The number of thiophene rings is 1. The van der Waals surface area contributed by atoms with E-state index in [1.807, 2.05) is 20.8 Å². The second-order valence-electron chi connectivity index (χ2n) is 5.85. The Balaban J connectivity index is 2.90. The van der Waals surface area contributed by atoms with Crippen molar-refractivity contribution in [1.29, 1.82) is 0 Å². The summed E-state index contributed by atoms with van der Waals surface area (Å²) >= 11 is 1.30. The molecule has 0 aliphatic rings. The molecule has 1 heterocycles. The van der Waals surface area contributed by atoms with Gasteiger partial charge >= 0.3 is 18.0 Å². The summed E-state index contributed by atoms with van der Waals surface area (Å²) in [6.45, 7) is 7.97. The molecule has 3 N–H and O–H groups in total. The van der Waals surface area contributed by atoms with Crippen molar-refractivity contribution in [2.75, 3.05) is 18.5 Å². The maximum absolute atomic E-state index is 12.0. The molecule has 23 heavy (non-hydrogen) atoms. The molecule has 1 aromatic heterocycles. The third-order valence-electron chi connectivity index (χ3n) is 2.82. The Hall–Kier alpha value is -2.09. The van der Waals surface area contributed by atoms with Crippen molar-refractivity contribution >= 4 is 34.3 Å². The number of nitrogens with one attached hydrogen (secondary N) is 2. The Labute approximate surface area is 139 Å². The fourth-order valence-electron chi connectivity index (χ4n) is 1.64. The first kappa shape index (κ1) is 19.0. The minimum Gasteiger partial charge on any atom is -0.481 e. The van der Waals surface area contributed by atoms with Gasteiger partial charge in [0, 0.05) is 11.4 Å². The number of carboxylic acids is 1. The van der Waals surface area contributed by atoms with E-state index in [4.69, 9.17) is 9.84 Å². The summed E-state index contributed by atoms with van der Waals surface area (Å²) in [6.07, 6.45) is -0.171. The molecule has 1 rings (SSSR count). The molecule has 0 aromatic carbocycles. The molecular formula is C15H22N2O5S. The van der Waals surface area contributed by atoms with Crippen LogP contribution in [0.4, 0.5) is 9.80 Å². The van der Waals surface area contributed by atoms with Crippen LogP contribution >= 0.6 is 11.3 Å². The second-order valence-corrected chi connectivity index (χ2v) is 6.90. The SMILES string of the molecule is CCOC(=O)c1cc(C(C)(C)C)sc1NC(=O)NCCC(=O)O. The minimum atomic E-state index is -0.997. The molecule has 2 amide bonds. The number of ether oxygens (including phenoxy) is 1. The van der Waals surface area contributed by atoms with E-state index in [0.717, 1.165) is 4.88 Å². The van der Waals surface area contributed by atoms with Crippen molar-refractivity contribution in [1.82, 2.24) is 5.32 Å². The van der Waals surface area contributed by atoms with Crippen LogP contribution in [0.5, 0.6) is 0 Å². The van der Waals surface area contributed by atoms with E-state index in [9.17, 15) is 14.4 Å². The summed E-state index contributed by atoms with van der Waals surface area (Å²) in [5.41, 5.74) is 0.126. The number of esters is 1. The Morgan fingerprint density at radius 1 is 1.30 bits per heavy atom. The Kier molecular flexibility index (Phi) is 6.56. The van der Waals surface area contributed by atoms with Gasteiger partial charge < -0.3 is 15.2 Å². The summed E-state index contributed by atoms with van der Waals surface area (Å²) in [5.74, 6) is -1.50. The molecule has 1 aromatic rings. The summed E-state index contributed by atoms with van der Waals surface area (Å²) in [6, 6.07) is 1.16. The molecular weight excluding hydrogens is 320 g/mol. The highest BCUT2D eigenvalue weighted by molar-refractivity contribution is 7.16. The highest BCUT2D eigenvalue weighted by Gasteiger charge is 2.24. The number of aliphatic carboxylic acids is 1. The maximum atomic E-state index is 12.0. The fraction of sp³-hybridized carbons (Fsp3) is 0.533. The van der Waals surface area contributed by atoms with Gasteiger partial charge in [0.05, 0.1) is 18.6 Å². The largest absolute Gasteiger partial charge is 0.481 e. The number of hydrogen-bond acceptors (Lipinski definition) is 5. The van der Waals surface area contributed by atoms with Crippen LogP contribution < -0.4 is 10.6 Å². The normalized spacial score (nSPS) is 11.0. The predicted molar refractivity (Wildman–Crippen MR) is 88.2 cm³/mol. The van der Waals surface area contributed by atoms with Crippen molar-refractivity contribution < 1.29 is 24.2 Å². The topological polar surface area (TPSA) is 105 Å². The lowest BCUT2D eigenvalue weighted by Crippen LogP contribution is -2.30. The number of carbonyl (C=O) groups is 3. The molecule has 0 saturated heterocycles. The van der Waals surface area contributed by atoms with Gasteiger partial charge in [0.25, 0.3) is 0 Å². The number of rotatable bonds is 6. The first-order valence-corrected chi connectivity index (χ1v) is 8.05. The Morgan fingerprint density at radius 2 is 1.96 bits per heavy atom. The Bertz CT molecular complexity index is 589. The number of urea groups is 1. The lowest BCUT2D eigenvalue weighted by Gasteiger charge is -2.15. The van der Waals surface area contributed by atoms with E-state index in [-0.39, 0.29) is 25.0 Å². The third-order valence-corrected chi connectivity index (χ3v) is 4.29. The number of carboxylic acid groups (broad SMARTS) is 1. The number of carbonyl (C=O) groups excluding carboxylic acids is 2. The van der Waals surface area contributed by atoms with Crippen LogP contribution in [0.25, 0.3) is 0 Å². The molecule has 0 bridgehead atoms. The fourth-order valence-corrected chi connectivity index (χ4v) is 2.74. The molecule has 0 saturated carbocycles. The third kappa shape index (κ3) is 5.90. The monoisotopic (exact) mass is 342 g/mol. The van der Waals surface area contributed by atoms with E-state index >= 15 is 0 Å². The zero-order valence-electron chi connectivity index (χ0n) is 13.7. The summed E-state index contributed by atoms with van der Waals surface area (Å²) in [7, 11) is 0. The quantitative estimate of drug-likeness (QED) is 0.690. The van der Waals surface area contributed by atoms with Gasteiger partial charge in [-0.25, -0.2) is 9.59 Å². The minimum absolute atomic E-state index is 0.00735. The van der Waals surface area contributed by atoms with Crippen LogP contribution in [0.2, 0.25) is 0 Å². The van der Waals surface area contributed by atoms with E-state index in [1.165, 1.54) is 11.3 Å². The van der Waals surface area contributed by atoms with Crippen LogP contribution in [-0.4, -0.2) is 36.2 Å². The molecule has 8 heteroatoms. The molecule has 0 aliphatic heterocycles. The van der Waals surface area contributed by atoms with Gasteiger partial charge in [-0.1, -0.05) is 20.8 Å². The van der Waals surface area contributed by atoms with E-state index in [1.54, 1.807) is 13.0 Å². The predicted octanol–water partition coefficient (Wildman–Crippen LogP) is 2.82. The average molecular weight is 342 g/mol. The van der Waals surface area contributed by atoms with Gasteiger partial charge in [-0.2, -0.15) is 0 Å². The van der Waals surface area contributed by atoms with Gasteiger partial charge in [0.1, 0.15) is 5.00 Å². The lowest BCUT2D eigenvalue weighted by molar-refractivity contribution is -0.136. The summed E-state index contributed by atoms with van der Waals surface area (Å²) < 4.78 is 5.01. The highest BCUT2D eigenvalue weighted by atomic mass is 32.1. The lowest BCUT2D eigenvalue weighted by atomic mass is 9.94. The molecule has 0 radical (unpaired) electrons. The zero-order chi connectivity index (χ0) is 17.6. The summed E-state index contributed by atoms with van der Waals surface area (Å²) in [5, 5.41) is 14.0.